The van der Waals surface area contributed by atoms with Crippen LogP contribution in [0.25, 0.3) is 21.0 Å². The summed E-state index contributed by atoms with van der Waals surface area (Å²) in [6.07, 6.45) is 3.62. The number of amides is 1. The van der Waals surface area contributed by atoms with Gasteiger partial charge < -0.3 is 10.3 Å². The van der Waals surface area contributed by atoms with E-state index in [1.807, 2.05) is 19.1 Å². The number of benzene rings is 2. The fourth-order valence-electron chi connectivity index (χ4n) is 4.32. The maximum atomic E-state index is 12.5. The van der Waals surface area contributed by atoms with E-state index in [4.69, 9.17) is 0 Å². The lowest BCUT2D eigenvalue weighted by Gasteiger charge is -2.15. The van der Waals surface area contributed by atoms with Crippen molar-refractivity contribution in [2.45, 2.75) is 44.4 Å². The number of hydrogen-bond donors (Lipinski definition) is 2. The third-order valence-electron chi connectivity index (χ3n) is 5.99. The predicted octanol–water partition coefficient (Wildman–Crippen LogP) is 5.13. The molecule has 5 rings (SSSR count). The molecule has 2 aromatic heterocycles. The predicted molar refractivity (Wildman–Crippen MR) is 134 cm³/mol. The largest absolute Gasteiger partial charge is 0.350 e. The molecular formula is C25H25N3O2S2. The van der Waals surface area contributed by atoms with Crippen LogP contribution < -0.4 is 10.9 Å². The van der Waals surface area contributed by atoms with Crippen LogP contribution >= 0.6 is 23.1 Å². The number of aryl methyl sites for hydroxylation is 2. The second-order valence-electron chi connectivity index (χ2n) is 8.25. The van der Waals surface area contributed by atoms with Gasteiger partial charge in [0.1, 0.15) is 10.7 Å². The van der Waals surface area contributed by atoms with Crippen molar-refractivity contribution in [1.29, 1.82) is 0 Å². The third kappa shape index (κ3) is 4.32. The minimum Gasteiger partial charge on any atom is -0.350 e. The van der Waals surface area contributed by atoms with E-state index < -0.39 is 0 Å². The molecule has 0 radical (unpaired) electrons. The molecule has 0 fully saturated rings. The van der Waals surface area contributed by atoms with E-state index in [-0.39, 0.29) is 17.5 Å². The Hall–Kier alpha value is -2.64. The summed E-state index contributed by atoms with van der Waals surface area (Å²) in [5, 5.41) is 6.26. The normalized spacial score (nSPS) is 14.0. The zero-order valence-corrected chi connectivity index (χ0v) is 19.6. The zero-order chi connectivity index (χ0) is 22.1. The SMILES string of the molecule is CC(NC(=O)CCSCc1nc2sc3c(c2c(=O)[nH]1)CCC3)c1ccc2ccccc2c1. The lowest BCUT2D eigenvalue weighted by Crippen LogP contribution is -2.26. The highest BCUT2D eigenvalue weighted by atomic mass is 32.2. The van der Waals surface area contributed by atoms with E-state index in [2.05, 4.69) is 45.6 Å². The Morgan fingerprint density at radius 2 is 2.06 bits per heavy atom. The highest BCUT2D eigenvalue weighted by Crippen LogP contribution is 2.34. The lowest BCUT2D eigenvalue weighted by molar-refractivity contribution is -0.121. The summed E-state index contributed by atoms with van der Waals surface area (Å²) in [7, 11) is 0. The molecule has 1 atom stereocenters. The molecule has 2 N–H and O–H groups in total. The molecule has 164 valence electrons. The van der Waals surface area contributed by atoms with Crippen molar-refractivity contribution in [3.63, 3.8) is 0 Å². The number of hydrogen-bond acceptors (Lipinski definition) is 5. The summed E-state index contributed by atoms with van der Waals surface area (Å²) < 4.78 is 0. The van der Waals surface area contributed by atoms with Gasteiger partial charge in [0.2, 0.25) is 5.91 Å². The standard InChI is InChI=1S/C25H25N3O2S2/c1-15(17-10-9-16-5-2-3-6-18(16)13-17)26-22(29)11-12-31-14-21-27-24(30)23-19-7-4-8-20(19)32-25(23)28-21/h2-3,5-6,9-10,13,15H,4,7-8,11-12,14H2,1H3,(H,26,29)(H,27,28,30). The van der Waals surface area contributed by atoms with Crippen molar-refractivity contribution in [3.8, 4) is 0 Å². The summed E-state index contributed by atoms with van der Waals surface area (Å²) in [5.74, 6) is 2.00. The average Bonchev–Trinajstić information content (AvgIpc) is 3.37. The Bertz CT molecular complexity index is 1360. The molecule has 5 nitrogen and oxygen atoms in total. The summed E-state index contributed by atoms with van der Waals surface area (Å²) in [6.45, 7) is 2.01. The number of fused-ring (bicyclic) bond motifs is 4. The topological polar surface area (TPSA) is 74.8 Å². The van der Waals surface area contributed by atoms with Gasteiger partial charge in [-0.3, -0.25) is 9.59 Å². The summed E-state index contributed by atoms with van der Waals surface area (Å²) >= 11 is 3.28. The van der Waals surface area contributed by atoms with Gasteiger partial charge in [0.15, 0.2) is 0 Å². The van der Waals surface area contributed by atoms with Crippen LogP contribution in [0.2, 0.25) is 0 Å². The third-order valence-corrected chi connectivity index (χ3v) is 8.14. The number of nitrogens with one attached hydrogen (secondary N) is 2. The zero-order valence-electron chi connectivity index (χ0n) is 17.9. The Morgan fingerprint density at radius 1 is 1.22 bits per heavy atom. The molecule has 1 aliphatic carbocycles. The van der Waals surface area contributed by atoms with E-state index in [1.165, 1.54) is 21.2 Å². The molecule has 7 heteroatoms. The molecule has 0 saturated carbocycles. The molecule has 1 aliphatic rings. The quantitative estimate of drug-likeness (QED) is 0.373. The van der Waals surface area contributed by atoms with Crippen molar-refractivity contribution in [1.82, 2.24) is 15.3 Å². The number of carbonyl (C=O) groups is 1. The van der Waals surface area contributed by atoms with Gasteiger partial charge in [0.25, 0.3) is 5.56 Å². The Balaban J connectivity index is 1.13. The van der Waals surface area contributed by atoms with Gasteiger partial charge in [-0.1, -0.05) is 36.4 Å². The molecule has 1 unspecified atom stereocenters. The first-order valence-corrected chi connectivity index (χ1v) is 12.9. The van der Waals surface area contributed by atoms with Crippen molar-refractivity contribution < 1.29 is 4.79 Å². The summed E-state index contributed by atoms with van der Waals surface area (Å²) in [4.78, 5) is 34.7. The summed E-state index contributed by atoms with van der Waals surface area (Å²) in [5.41, 5.74) is 2.28. The number of nitrogens with zero attached hydrogens (tertiary/aromatic N) is 1. The molecule has 4 aromatic rings. The number of thioether (sulfide) groups is 1. The Labute approximate surface area is 194 Å². The highest BCUT2D eigenvalue weighted by Gasteiger charge is 2.21. The van der Waals surface area contributed by atoms with E-state index in [0.29, 0.717) is 23.8 Å². The average molecular weight is 464 g/mol. The van der Waals surface area contributed by atoms with Crippen LogP contribution in [-0.4, -0.2) is 21.6 Å². The first kappa shape index (κ1) is 21.2. The highest BCUT2D eigenvalue weighted by molar-refractivity contribution is 7.98. The second kappa shape index (κ2) is 9.08. The lowest BCUT2D eigenvalue weighted by atomic mass is 10.0. The number of H-pyrrole nitrogens is 1. The van der Waals surface area contributed by atoms with Crippen LogP contribution in [0.5, 0.6) is 0 Å². The van der Waals surface area contributed by atoms with E-state index in [1.54, 1.807) is 23.1 Å². The first-order valence-electron chi connectivity index (χ1n) is 11.0. The van der Waals surface area contributed by atoms with Gasteiger partial charge in [0, 0.05) is 17.1 Å². The fourth-order valence-corrected chi connectivity index (χ4v) is 6.41. The minimum atomic E-state index is -0.0432. The first-order chi connectivity index (χ1) is 15.6. The molecule has 0 bridgehead atoms. The molecule has 2 aromatic carbocycles. The molecule has 1 amide bonds. The van der Waals surface area contributed by atoms with Gasteiger partial charge in [0.05, 0.1) is 17.2 Å². The maximum Gasteiger partial charge on any atom is 0.259 e. The number of rotatable bonds is 7. The smallest absolute Gasteiger partial charge is 0.259 e. The van der Waals surface area contributed by atoms with Crippen LogP contribution in [0.1, 0.15) is 47.6 Å². The molecule has 0 aliphatic heterocycles. The van der Waals surface area contributed by atoms with Crippen molar-refractivity contribution >= 4 is 50.0 Å². The van der Waals surface area contributed by atoms with Crippen LogP contribution in [0.15, 0.2) is 47.3 Å². The van der Waals surface area contributed by atoms with E-state index in [9.17, 15) is 9.59 Å². The Kier molecular flexibility index (Phi) is 6.02. The van der Waals surface area contributed by atoms with Crippen LogP contribution in [0.4, 0.5) is 0 Å². The van der Waals surface area contributed by atoms with Crippen molar-refractivity contribution in [2.75, 3.05) is 5.75 Å². The fraction of sp³-hybridized carbons (Fsp3) is 0.320. The van der Waals surface area contributed by atoms with Gasteiger partial charge >= 0.3 is 0 Å². The number of thiophene rings is 1. The monoisotopic (exact) mass is 463 g/mol. The van der Waals surface area contributed by atoms with Gasteiger partial charge in [-0.25, -0.2) is 4.98 Å². The van der Waals surface area contributed by atoms with E-state index in [0.717, 1.165) is 35.0 Å². The van der Waals surface area contributed by atoms with Crippen LogP contribution in [0.3, 0.4) is 0 Å². The number of carbonyl (C=O) groups excluding carboxylic acids is 1. The molecule has 2 heterocycles. The minimum absolute atomic E-state index is 0.0213. The molecule has 0 spiro atoms. The van der Waals surface area contributed by atoms with E-state index >= 15 is 0 Å². The second-order valence-corrected chi connectivity index (χ2v) is 10.4. The van der Waals surface area contributed by atoms with Gasteiger partial charge in [-0.2, -0.15) is 11.8 Å². The molecule has 0 saturated heterocycles. The molecule has 32 heavy (non-hydrogen) atoms. The van der Waals surface area contributed by atoms with Gasteiger partial charge in [-0.15, -0.1) is 11.3 Å². The van der Waals surface area contributed by atoms with Crippen LogP contribution in [-0.2, 0) is 23.4 Å². The summed E-state index contributed by atoms with van der Waals surface area (Å²) in [6, 6.07) is 14.5. The van der Waals surface area contributed by atoms with Gasteiger partial charge in [-0.05, 0) is 54.2 Å². The Morgan fingerprint density at radius 3 is 2.94 bits per heavy atom. The maximum absolute atomic E-state index is 12.5. The number of aromatic amines is 1. The van der Waals surface area contributed by atoms with Crippen molar-refractivity contribution in [2.24, 2.45) is 0 Å². The number of aromatic nitrogens is 2. The van der Waals surface area contributed by atoms with Crippen molar-refractivity contribution in [3.05, 3.63) is 74.6 Å². The molecular weight excluding hydrogens is 438 g/mol. The van der Waals surface area contributed by atoms with Crippen LogP contribution in [0, 0.1) is 0 Å².